The van der Waals surface area contributed by atoms with E-state index in [1.54, 1.807) is 11.1 Å². The van der Waals surface area contributed by atoms with Gasteiger partial charge in [0.25, 0.3) is 0 Å². The standard InChI is InChI=1S/C12H19N/c1-12(2,3)11-10-7-5-4-6-9(10)8-13-11/h4-8H2,1-3H3. The quantitative estimate of drug-likeness (QED) is 0.538. The third kappa shape index (κ3) is 1.56. The van der Waals surface area contributed by atoms with Crippen molar-refractivity contribution in [1.82, 2.24) is 0 Å². The summed E-state index contributed by atoms with van der Waals surface area (Å²) < 4.78 is 0. The van der Waals surface area contributed by atoms with E-state index in [0.717, 1.165) is 6.54 Å². The van der Waals surface area contributed by atoms with Gasteiger partial charge in [0, 0.05) is 11.1 Å². The van der Waals surface area contributed by atoms with Crippen molar-refractivity contribution in [2.45, 2.75) is 46.5 Å². The highest BCUT2D eigenvalue weighted by Gasteiger charge is 2.29. The Labute approximate surface area is 80.9 Å². The lowest BCUT2D eigenvalue weighted by atomic mass is 9.80. The summed E-state index contributed by atoms with van der Waals surface area (Å²) in [4.78, 5) is 4.69. The van der Waals surface area contributed by atoms with Crippen molar-refractivity contribution in [3.63, 3.8) is 0 Å². The van der Waals surface area contributed by atoms with Crippen molar-refractivity contribution in [2.24, 2.45) is 10.4 Å². The maximum atomic E-state index is 4.69. The summed E-state index contributed by atoms with van der Waals surface area (Å²) in [5.41, 5.74) is 4.89. The van der Waals surface area contributed by atoms with Crippen LogP contribution in [0, 0.1) is 5.41 Å². The number of rotatable bonds is 0. The van der Waals surface area contributed by atoms with Crippen molar-refractivity contribution in [2.75, 3.05) is 6.54 Å². The number of hydrogen-bond acceptors (Lipinski definition) is 1. The molecular formula is C12H19N. The molecule has 72 valence electrons. The van der Waals surface area contributed by atoms with Crippen LogP contribution in [-0.4, -0.2) is 12.3 Å². The van der Waals surface area contributed by atoms with E-state index in [1.165, 1.54) is 31.4 Å². The van der Waals surface area contributed by atoms with E-state index in [2.05, 4.69) is 20.8 Å². The van der Waals surface area contributed by atoms with Crippen molar-refractivity contribution in [1.29, 1.82) is 0 Å². The zero-order valence-corrected chi connectivity index (χ0v) is 8.98. The van der Waals surface area contributed by atoms with Gasteiger partial charge in [-0.1, -0.05) is 20.8 Å². The molecule has 0 aromatic carbocycles. The minimum Gasteiger partial charge on any atom is -0.284 e. The van der Waals surface area contributed by atoms with Crippen molar-refractivity contribution in [3.8, 4) is 0 Å². The summed E-state index contributed by atoms with van der Waals surface area (Å²) in [6, 6.07) is 0. The van der Waals surface area contributed by atoms with Gasteiger partial charge in [-0.15, -0.1) is 0 Å². The number of hydrogen-bond donors (Lipinski definition) is 0. The van der Waals surface area contributed by atoms with E-state index < -0.39 is 0 Å². The summed E-state index contributed by atoms with van der Waals surface area (Å²) in [5.74, 6) is 0. The molecule has 0 bridgehead atoms. The minimum absolute atomic E-state index is 0.258. The van der Waals surface area contributed by atoms with Crippen LogP contribution in [0.2, 0.25) is 0 Å². The van der Waals surface area contributed by atoms with Gasteiger partial charge in [0.1, 0.15) is 0 Å². The number of aliphatic imine (C=N–C) groups is 1. The van der Waals surface area contributed by atoms with Crippen molar-refractivity contribution >= 4 is 5.71 Å². The van der Waals surface area contributed by atoms with E-state index in [9.17, 15) is 0 Å². The Morgan fingerprint density at radius 3 is 2.46 bits per heavy atom. The van der Waals surface area contributed by atoms with Gasteiger partial charge in [-0.3, -0.25) is 4.99 Å². The van der Waals surface area contributed by atoms with Crippen LogP contribution >= 0.6 is 0 Å². The molecule has 1 heteroatoms. The molecule has 0 radical (unpaired) electrons. The monoisotopic (exact) mass is 177 g/mol. The number of nitrogens with zero attached hydrogens (tertiary/aromatic N) is 1. The van der Waals surface area contributed by atoms with Gasteiger partial charge in [-0.25, -0.2) is 0 Å². The maximum absolute atomic E-state index is 4.69. The van der Waals surface area contributed by atoms with Crippen molar-refractivity contribution in [3.05, 3.63) is 11.1 Å². The normalized spacial score (nSPS) is 23.2. The molecule has 1 aliphatic heterocycles. The Bertz CT molecular complexity index is 276. The van der Waals surface area contributed by atoms with Gasteiger partial charge >= 0.3 is 0 Å². The first-order chi connectivity index (χ1) is 6.09. The Morgan fingerprint density at radius 1 is 1.08 bits per heavy atom. The summed E-state index contributed by atoms with van der Waals surface area (Å²) >= 11 is 0. The molecule has 0 unspecified atom stereocenters. The van der Waals surface area contributed by atoms with Crippen molar-refractivity contribution < 1.29 is 0 Å². The second kappa shape index (κ2) is 2.97. The molecule has 0 N–H and O–H groups in total. The fourth-order valence-corrected chi connectivity index (χ4v) is 2.39. The zero-order valence-electron chi connectivity index (χ0n) is 8.98. The van der Waals surface area contributed by atoms with Crippen LogP contribution in [0.1, 0.15) is 46.5 Å². The van der Waals surface area contributed by atoms with Gasteiger partial charge in [-0.05, 0) is 36.8 Å². The predicted molar refractivity (Wildman–Crippen MR) is 57.3 cm³/mol. The molecule has 1 aliphatic carbocycles. The highest BCUT2D eigenvalue weighted by atomic mass is 14.8. The minimum atomic E-state index is 0.258. The summed E-state index contributed by atoms with van der Waals surface area (Å²) in [6.45, 7) is 7.82. The fraction of sp³-hybridized carbons (Fsp3) is 0.750. The van der Waals surface area contributed by atoms with E-state index in [0.29, 0.717) is 0 Å². The lowest BCUT2D eigenvalue weighted by Gasteiger charge is -2.23. The SMILES string of the molecule is CC(C)(C)C1=NCC2=C1CCCC2. The molecule has 2 aliphatic rings. The maximum Gasteiger partial charge on any atom is 0.0609 e. The molecule has 0 atom stereocenters. The molecule has 0 amide bonds. The molecule has 1 nitrogen and oxygen atoms in total. The highest BCUT2D eigenvalue weighted by Crippen LogP contribution is 2.35. The molecule has 0 aromatic heterocycles. The van der Waals surface area contributed by atoms with Crippen LogP contribution in [-0.2, 0) is 0 Å². The summed E-state index contributed by atoms with van der Waals surface area (Å²) in [7, 11) is 0. The first-order valence-electron chi connectivity index (χ1n) is 5.35. The Balaban J connectivity index is 2.28. The molecule has 0 fully saturated rings. The third-order valence-electron chi connectivity index (χ3n) is 3.01. The smallest absolute Gasteiger partial charge is 0.0609 e. The Hall–Kier alpha value is -0.590. The molecule has 0 saturated heterocycles. The third-order valence-corrected chi connectivity index (χ3v) is 3.01. The molecule has 0 aromatic rings. The molecule has 0 saturated carbocycles. The fourth-order valence-electron chi connectivity index (χ4n) is 2.39. The van der Waals surface area contributed by atoms with Gasteiger partial charge in [0.15, 0.2) is 0 Å². The van der Waals surface area contributed by atoms with Gasteiger partial charge in [0.05, 0.1) is 6.54 Å². The van der Waals surface area contributed by atoms with E-state index >= 15 is 0 Å². The lowest BCUT2D eigenvalue weighted by molar-refractivity contribution is 0.585. The Kier molecular flexibility index (Phi) is 2.05. The van der Waals surface area contributed by atoms with Gasteiger partial charge in [-0.2, -0.15) is 0 Å². The average Bonchev–Trinajstić information content (AvgIpc) is 2.45. The molecule has 1 heterocycles. The second-order valence-electron chi connectivity index (χ2n) is 5.20. The van der Waals surface area contributed by atoms with Crippen LogP contribution in [0.15, 0.2) is 16.1 Å². The van der Waals surface area contributed by atoms with Crippen LogP contribution in [0.5, 0.6) is 0 Å². The molecule has 0 spiro atoms. The van der Waals surface area contributed by atoms with Gasteiger partial charge < -0.3 is 0 Å². The average molecular weight is 177 g/mol. The largest absolute Gasteiger partial charge is 0.284 e. The van der Waals surface area contributed by atoms with Gasteiger partial charge in [0.2, 0.25) is 0 Å². The van der Waals surface area contributed by atoms with Crippen LogP contribution in [0.3, 0.4) is 0 Å². The topological polar surface area (TPSA) is 12.4 Å². The summed E-state index contributed by atoms with van der Waals surface area (Å²) in [5, 5.41) is 0. The van der Waals surface area contributed by atoms with E-state index in [1.807, 2.05) is 0 Å². The second-order valence-corrected chi connectivity index (χ2v) is 5.20. The van der Waals surface area contributed by atoms with E-state index in [4.69, 9.17) is 4.99 Å². The predicted octanol–water partition coefficient (Wildman–Crippen LogP) is 3.36. The molecule has 2 rings (SSSR count). The molecular weight excluding hydrogens is 158 g/mol. The van der Waals surface area contributed by atoms with Crippen LogP contribution < -0.4 is 0 Å². The lowest BCUT2D eigenvalue weighted by Crippen LogP contribution is -2.21. The first kappa shape index (κ1) is 8.98. The summed E-state index contributed by atoms with van der Waals surface area (Å²) in [6.07, 6.45) is 5.34. The molecule has 13 heavy (non-hydrogen) atoms. The van der Waals surface area contributed by atoms with Crippen LogP contribution in [0.4, 0.5) is 0 Å². The van der Waals surface area contributed by atoms with E-state index in [-0.39, 0.29) is 5.41 Å². The Morgan fingerprint density at radius 2 is 1.77 bits per heavy atom. The van der Waals surface area contributed by atoms with Crippen LogP contribution in [0.25, 0.3) is 0 Å². The zero-order chi connectivity index (χ0) is 9.47. The highest BCUT2D eigenvalue weighted by molar-refractivity contribution is 6.06. The first-order valence-corrected chi connectivity index (χ1v) is 5.35. The number of allylic oxidation sites excluding steroid dienone is 1.